The fourth-order valence-corrected chi connectivity index (χ4v) is 1.99. The number of hydrogen-bond donors (Lipinski definition) is 1. The lowest BCUT2D eigenvalue weighted by Crippen LogP contribution is -2.19. The van der Waals surface area contributed by atoms with Crippen molar-refractivity contribution in [1.29, 1.82) is 0 Å². The molecular weight excluding hydrogens is 269 g/mol. The van der Waals surface area contributed by atoms with Crippen molar-refractivity contribution in [2.45, 2.75) is 33.9 Å². The van der Waals surface area contributed by atoms with E-state index in [2.05, 4.69) is 24.3 Å². The summed E-state index contributed by atoms with van der Waals surface area (Å²) in [5, 5.41) is 7.43. The number of halogens is 1. The lowest BCUT2D eigenvalue weighted by molar-refractivity contribution is 0.431. The molecule has 1 aromatic carbocycles. The highest BCUT2D eigenvalue weighted by Gasteiger charge is 2.12. The number of benzene rings is 1. The zero-order valence-electron chi connectivity index (χ0n) is 12.8. The average molecular weight is 291 g/mol. The summed E-state index contributed by atoms with van der Waals surface area (Å²) in [6.07, 6.45) is 3.36. The van der Waals surface area contributed by atoms with Gasteiger partial charge in [-0.3, -0.25) is 4.68 Å². The van der Waals surface area contributed by atoms with Crippen LogP contribution in [0.5, 0.6) is 11.5 Å². The number of para-hydroxylation sites is 1. The van der Waals surface area contributed by atoms with Gasteiger partial charge >= 0.3 is 0 Å². The second-order valence-electron chi connectivity index (χ2n) is 5.39. The van der Waals surface area contributed by atoms with Gasteiger partial charge in [0.05, 0.1) is 12.4 Å². The molecular formula is C16H22FN3O. The number of aryl methyl sites for hydroxylation is 1. The molecule has 0 atom stereocenters. The van der Waals surface area contributed by atoms with Crippen molar-refractivity contribution in [3.05, 3.63) is 42.0 Å². The third-order valence-corrected chi connectivity index (χ3v) is 3.07. The van der Waals surface area contributed by atoms with Crippen LogP contribution in [0.3, 0.4) is 0 Å². The summed E-state index contributed by atoms with van der Waals surface area (Å²) < 4.78 is 21.5. The summed E-state index contributed by atoms with van der Waals surface area (Å²) in [5.41, 5.74) is 0.805. The molecule has 21 heavy (non-hydrogen) atoms. The first-order valence-corrected chi connectivity index (χ1v) is 7.28. The maximum Gasteiger partial charge on any atom is 0.167 e. The van der Waals surface area contributed by atoms with E-state index in [1.54, 1.807) is 23.1 Å². The molecule has 5 heteroatoms. The van der Waals surface area contributed by atoms with Gasteiger partial charge in [0, 0.05) is 18.7 Å². The highest BCUT2D eigenvalue weighted by Crippen LogP contribution is 2.28. The average Bonchev–Trinajstić information content (AvgIpc) is 2.90. The van der Waals surface area contributed by atoms with Crippen molar-refractivity contribution < 1.29 is 9.13 Å². The summed E-state index contributed by atoms with van der Waals surface area (Å²) in [7, 11) is 0. The van der Waals surface area contributed by atoms with Gasteiger partial charge in [0.25, 0.3) is 0 Å². The van der Waals surface area contributed by atoms with Crippen molar-refractivity contribution in [2.75, 3.05) is 6.54 Å². The van der Waals surface area contributed by atoms with Crippen LogP contribution in [-0.4, -0.2) is 16.3 Å². The molecule has 0 bridgehead atoms. The van der Waals surface area contributed by atoms with Gasteiger partial charge in [0.2, 0.25) is 0 Å². The van der Waals surface area contributed by atoms with E-state index in [0.29, 0.717) is 18.2 Å². The van der Waals surface area contributed by atoms with Crippen LogP contribution in [0.1, 0.15) is 26.3 Å². The van der Waals surface area contributed by atoms with Gasteiger partial charge in [-0.05, 0) is 25.5 Å². The molecule has 0 amide bonds. The molecule has 0 unspecified atom stereocenters. The van der Waals surface area contributed by atoms with Crippen molar-refractivity contribution in [3.8, 4) is 11.5 Å². The minimum Gasteiger partial charge on any atom is -0.451 e. The normalized spacial score (nSPS) is 11.1. The largest absolute Gasteiger partial charge is 0.451 e. The Hall–Kier alpha value is -1.88. The minimum absolute atomic E-state index is 0.268. The fraction of sp³-hybridized carbons (Fsp3) is 0.438. The van der Waals surface area contributed by atoms with Gasteiger partial charge in [-0.15, -0.1) is 0 Å². The Labute approximate surface area is 124 Å². The number of hydrogen-bond acceptors (Lipinski definition) is 3. The van der Waals surface area contributed by atoms with Crippen LogP contribution in [0.25, 0.3) is 0 Å². The van der Waals surface area contributed by atoms with Gasteiger partial charge in [0.1, 0.15) is 0 Å². The first kappa shape index (κ1) is 15.5. The smallest absolute Gasteiger partial charge is 0.167 e. The zero-order valence-corrected chi connectivity index (χ0v) is 12.8. The first-order valence-electron chi connectivity index (χ1n) is 7.28. The van der Waals surface area contributed by atoms with Crippen molar-refractivity contribution >= 4 is 0 Å². The Balaban J connectivity index is 2.13. The van der Waals surface area contributed by atoms with Crippen LogP contribution in [0.4, 0.5) is 4.39 Å². The van der Waals surface area contributed by atoms with Gasteiger partial charge in [-0.2, -0.15) is 5.10 Å². The van der Waals surface area contributed by atoms with E-state index in [1.165, 1.54) is 6.07 Å². The second kappa shape index (κ2) is 7.22. The van der Waals surface area contributed by atoms with Crippen molar-refractivity contribution in [1.82, 2.24) is 15.1 Å². The molecule has 114 valence electrons. The third-order valence-electron chi connectivity index (χ3n) is 3.07. The topological polar surface area (TPSA) is 39.1 Å². The quantitative estimate of drug-likeness (QED) is 0.847. The molecule has 1 heterocycles. The Morgan fingerprint density at radius 1 is 1.38 bits per heavy atom. The minimum atomic E-state index is -0.358. The summed E-state index contributed by atoms with van der Waals surface area (Å²) in [6, 6.07) is 4.98. The Kier molecular flexibility index (Phi) is 5.33. The maximum atomic E-state index is 14.0. The second-order valence-corrected chi connectivity index (χ2v) is 5.39. The zero-order chi connectivity index (χ0) is 15.2. The molecule has 0 spiro atoms. The molecule has 0 aliphatic carbocycles. The Bertz CT molecular complexity index is 581. The number of ether oxygens (including phenoxy) is 1. The predicted octanol–water partition coefficient (Wildman–Crippen LogP) is 3.58. The number of nitrogens with one attached hydrogen (secondary N) is 1. The van der Waals surface area contributed by atoms with E-state index in [1.807, 2.05) is 13.0 Å². The molecule has 0 aliphatic heterocycles. The van der Waals surface area contributed by atoms with E-state index in [0.717, 1.165) is 18.7 Å². The van der Waals surface area contributed by atoms with Gasteiger partial charge < -0.3 is 10.1 Å². The number of rotatable bonds is 7. The van der Waals surface area contributed by atoms with E-state index >= 15 is 0 Å². The van der Waals surface area contributed by atoms with Gasteiger partial charge in [-0.25, -0.2) is 4.39 Å². The molecule has 2 rings (SSSR count). The molecule has 0 saturated carbocycles. The van der Waals surface area contributed by atoms with E-state index < -0.39 is 0 Å². The molecule has 0 fully saturated rings. The molecule has 1 aromatic heterocycles. The van der Waals surface area contributed by atoms with Gasteiger partial charge in [0.15, 0.2) is 17.3 Å². The van der Waals surface area contributed by atoms with Crippen LogP contribution in [0, 0.1) is 11.7 Å². The standard InChI is InChI=1S/C16H22FN3O/c1-4-20-11-14(10-19-20)21-16-13(6-5-7-15(16)17)9-18-8-12(2)3/h5-7,10-12,18H,4,8-9H2,1-3H3. The number of nitrogens with zero attached hydrogens (tertiary/aromatic N) is 2. The van der Waals surface area contributed by atoms with Crippen LogP contribution < -0.4 is 10.1 Å². The summed E-state index contributed by atoms with van der Waals surface area (Å²) in [5.74, 6) is 1.00. The molecule has 2 aromatic rings. The van der Waals surface area contributed by atoms with E-state index in [-0.39, 0.29) is 11.6 Å². The molecule has 0 saturated heterocycles. The number of aromatic nitrogens is 2. The van der Waals surface area contributed by atoms with Crippen molar-refractivity contribution in [3.63, 3.8) is 0 Å². The Morgan fingerprint density at radius 2 is 2.19 bits per heavy atom. The molecule has 4 nitrogen and oxygen atoms in total. The summed E-state index contributed by atoms with van der Waals surface area (Å²) in [6.45, 7) is 8.46. The van der Waals surface area contributed by atoms with Crippen LogP contribution in [0.15, 0.2) is 30.6 Å². The van der Waals surface area contributed by atoms with Crippen molar-refractivity contribution in [2.24, 2.45) is 5.92 Å². The summed E-state index contributed by atoms with van der Waals surface area (Å²) >= 11 is 0. The SMILES string of the molecule is CCn1cc(Oc2c(F)cccc2CNCC(C)C)cn1. The van der Waals surface area contributed by atoms with Gasteiger partial charge in [-0.1, -0.05) is 26.0 Å². The highest BCUT2D eigenvalue weighted by molar-refractivity contribution is 5.38. The fourth-order valence-electron chi connectivity index (χ4n) is 1.99. The van der Waals surface area contributed by atoms with Crippen LogP contribution >= 0.6 is 0 Å². The monoisotopic (exact) mass is 291 g/mol. The van der Waals surface area contributed by atoms with Crippen LogP contribution in [0.2, 0.25) is 0 Å². The predicted molar refractivity (Wildman–Crippen MR) is 80.9 cm³/mol. The molecule has 0 radical (unpaired) electrons. The lowest BCUT2D eigenvalue weighted by Gasteiger charge is -2.12. The molecule has 0 aliphatic rings. The molecule has 1 N–H and O–H groups in total. The summed E-state index contributed by atoms with van der Waals surface area (Å²) in [4.78, 5) is 0. The first-order chi connectivity index (χ1) is 10.1. The highest BCUT2D eigenvalue weighted by atomic mass is 19.1. The van der Waals surface area contributed by atoms with E-state index in [4.69, 9.17) is 4.74 Å². The third kappa shape index (κ3) is 4.29. The van der Waals surface area contributed by atoms with E-state index in [9.17, 15) is 4.39 Å². The lowest BCUT2D eigenvalue weighted by atomic mass is 10.1. The van der Waals surface area contributed by atoms with Crippen LogP contribution in [-0.2, 0) is 13.1 Å². The Morgan fingerprint density at radius 3 is 2.86 bits per heavy atom. The maximum absolute atomic E-state index is 14.0.